The molecular formula is C24H29FN4O3S. The molecule has 9 heteroatoms. The Kier molecular flexibility index (Phi) is 6.84. The number of likely N-dealkylation sites (tertiary alicyclic amines) is 1. The van der Waals surface area contributed by atoms with Crippen molar-refractivity contribution >= 4 is 18.0 Å². The molecule has 3 aliphatic rings. The van der Waals surface area contributed by atoms with Gasteiger partial charge in [0.1, 0.15) is 17.7 Å². The Morgan fingerprint density at radius 1 is 1.18 bits per heavy atom. The summed E-state index contributed by atoms with van der Waals surface area (Å²) in [7, 11) is 0. The molecule has 5 rings (SSSR count). The first-order chi connectivity index (χ1) is 16.0. The van der Waals surface area contributed by atoms with Gasteiger partial charge in [-0.2, -0.15) is 0 Å². The molecule has 2 N–H and O–H groups in total. The van der Waals surface area contributed by atoms with E-state index in [1.165, 1.54) is 11.6 Å². The van der Waals surface area contributed by atoms with Gasteiger partial charge in [0.15, 0.2) is 0 Å². The van der Waals surface area contributed by atoms with Crippen molar-refractivity contribution in [1.82, 2.24) is 19.2 Å². The van der Waals surface area contributed by atoms with E-state index < -0.39 is 11.7 Å². The minimum absolute atomic E-state index is 0.00820. The van der Waals surface area contributed by atoms with E-state index in [9.17, 15) is 14.4 Å². The Hall–Kier alpha value is -2.17. The van der Waals surface area contributed by atoms with Gasteiger partial charge in [0.25, 0.3) is 5.91 Å². The number of nitrogens with zero attached hydrogens (tertiary/aromatic N) is 3. The molecule has 2 aliphatic heterocycles. The van der Waals surface area contributed by atoms with Crippen LogP contribution in [0.2, 0.25) is 0 Å². The highest BCUT2D eigenvalue weighted by Crippen LogP contribution is 2.45. The lowest BCUT2D eigenvalue weighted by Gasteiger charge is -2.31. The number of hydrazine groups is 1. The molecule has 1 unspecified atom stereocenters. The zero-order chi connectivity index (χ0) is 22.8. The first kappa shape index (κ1) is 22.6. The number of hydrogen-bond acceptors (Lipinski definition) is 7. The van der Waals surface area contributed by atoms with E-state index in [4.69, 9.17) is 4.74 Å². The van der Waals surface area contributed by atoms with E-state index in [0.29, 0.717) is 10.3 Å². The zero-order valence-electron chi connectivity index (χ0n) is 18.5. The number of carbonyl (C=O) groups excluding carboxylic acids is 1. The quantitative estimate of drug-likeness (QED) is 0.423. The minimum atomic E-state index is -0.675. The molecule has 1 saturated carbocycles. The van der Waals surface area contributed by atoms with Gasteiger partial charge in [-0.1, -0.05) is 30.3 Å². The van der Waals surface area contributed by atoms with E-state index in [2.05, 4.69) is 22.5 Å². The third-order valence-corrected chi connectivity index (χ3v) is 7.18. The van der Waals surface area contributed by atoms with E-state index in [1.807, 2.05) is 22.5 Å². The predicted octanol–water partition coefficient (Wildman–Crippen LogP) is 3.96. The van der Waals surface area contributed by atoms with Crippen LogP contribution in [0.15, 0.2) is 42.5 Å². The topological polar surface area (TPSA) is 68.3 Å². The third-order valence-electron chi connectivity index (χ3n) is 6.34. The molecular weight excluding hydrogens is 443 g/mol. The zero-order valence-corrected chi connectivity index (χ0v) is 19.3. The molecule has 2 heterocycles. The van der Waals surface area contributed by atoms with E-state index >= 15 is 0 Å². The van der Waals surface area contributed by atoms with E-state index in [1.54, 1.807) is 6.07 Å². The Morgan fingerprint density at radius 2 is 1.97 bits per heavy atom. The second-order valence-electron chi connectivity index (χ2n) is 8.97. The summed E-state index contributed by atoms with van der Waals surface area (Å²) in [6.45, 7) is 4.27. The summed E-state index contributed by atoms with van der Waals surface area (Å²) in [6, 6.07) is 13.3. The Bertz CT molecular complexity index is 987. The highest BCUT2D eigenvalue weighted by Gasteiger charge is 2.32. The van der Waals surface area contributed by atoms with Crippen LogP contribution >= 0.6 is 12.1 Å². The SMILES string of the molecule is O=C(NN(O)SN1CCC1)c1cc(C2CC2)c(OC2CCN(Cc3ccccc3)C2)cc1F. The largest absolute Gasteiger partial charge is 0.489 e. The maximum absolute atomic E-state index is 14.9. The summed E-state index contributed by atoms with van der Waals surface area (Å²) in [5.41, 5.74) is 4.39. The fourth-order valence-electron chi connectivity index (χ4n) is 4.27. The molecule has 2 aromatic carbocycles. The van der Waals surface area contributed by atoms with Gasteiger partial charge in [-0.25, -0.2) is 8.70 Å². The number of halogens is 1. The highest BCUT2D eigenvalue weighted by atomic mass is 32.2. The monoisotopic (exact) mass is 472 g/mol. The van der Waals surface area contributed by atoms with Gasteiger partial charge >= 0.3 is 0 Å². The second-order valence-corrected chi connectivity index (χ2v) is 10.00. The molecule has 1 amide bonds. The smallest absolute Gasteiger partial charge is 0.271 e. The molecule has 1 atom stereocenters. The molecule has 0 radical (unpaired) electrons. The number of rotatable bonds is 9. The van der Waals surface area contributed by atoms with Crippen LogP contribution in [0.5, 0.6) is 5.75 Å². The molecule has 0 aromatic heterocycles. The van der Waals surface area contributed by atoms with Crippen LogP contribution in [-0.4, -0.2) is 57.2 Å². The molecule has 0 bridgehead atoms. The Balaban J connectivity index is 1.23. The Morgan fingerprint density at radius 3 is 2.67 bits per heavy atom. The summed E-state index contributed by atoms with van der Waals surface area (Å²) in [5.74, 6) is -0.497. The molecule has 33 heavy (non-hydrogen) atoms. The summed E-state index contributed by atoms with van der Waals surface area (Å²) in [6.07, 6.45) is 3.94. The maximum Gasteiger partial charge on any atom is 0.271 e. The first-order valence-corrected chi connectivity index (χ1v) is 12.3. The number of nitrogens with one attached hydrogen (secondary N) is 1. The average Bonchev–Trinajstić information content (AvgIpc) is 3.52. The van der Waals surface area contributed by atoms with Crippen molar-refractivity contribution in [2.45, 2.75) is 44.2 Å². The lowest BCUT2D eigenvalue weighted by atomic mass is 10.0. The summed E-state index contributed by atoms with van der Waals surface area (Å²) in [4.78, 5) is 14.9. The number of amides is 1. The average molecular weight is 473 g/mol. The lowest BCUT2D eigenvalue weighted by Crippen LogP contribution is -2.41. The van der Waals surface area contributed by atoms with E-state index in [0.717, 1.165) is 76.1 Å². The lowest BCUT2D eigenvalue weighted by molar-refractivity contribution is -0.0297. The number of hydrogen-bond donors (Lipinski definition) is 2. The summed E-state index contributed by atoms with van der Waals surface area (Å²) < 4.78 is 23.7. The van der Waals surface area contributed by atoms with Gasteiger partial charge in [0.05, 0.1) is 17.7 Å². The Labute approximate surface area is 197 Å². The van der Waals surface area contributed by atoms with Crippen molar-refractivity contribution in [2.24, 2.45) is 0 Å². The van der Waals surface area contributed by atoms with Crippen LogP contribution in [-0.2, 0) is 6.54 Å². The van der Waals surface area contributed by atoms with Gasteiger partial charge in [-0.05, 0) is 53.4 Å². The predicted molar refractivity (Wildman–Crippen MR) is 124 cm³/mol. The van der Waals surface area contributed by atoms with Crippen LogP contribution in [0, 0.1) is 5.82 Å². The van der Waals surface area contributed by atoms with Crippen LogP contribution in [0.1, 0.15) is 53.1 Å². The van der Waals surface area contributed by atoms with Gasteiger partial charge in [0.2, 0.25) is 0 Å². The number of carbonyl (C=O) groups is 1. The standard InChI is InChI=1S/C24H29FN4O3S/c25-22-14-23(32-19-9-12-27(16-19)15-17-5-2-1-3-6-17)20(18-7-8-18)13-21(22)24(30)26-29(31)33-28-10-4-11-28/h1-3,5-6,13-14,18-19,31H,4,7-12,15-16H2,(H,26,30). The molecule has 7 nitrogen and oxygen atoms in total. The number of benzene rings is 2. The van der Waals surface area contributed by atoms with Crippen molar-refractivity contribution in [3.8, 4) is 5.75 Å². The third kappa shape index (κ3) is 5.67. The molecule has 0 spiro atoms. The van der Waals surface area contributed by atoms with Crippen molar-refractivity contribution in [1.29, 1.82) is 0 Å². The molecule has 1 aliphatic carbocycles. The van der Waals surface area contributed by atoms with Crippen LogP contribution in [0.4, 0.5) is 4.39 Å². The fourth-order valence-corrected chi connectivity index (χ4v) is 5.03. The highest BCUT2D eigenvalue weighted by molar-refractivity contribution is 7.94. The normalized spacial score (nSPS) is 21.2. The fraction of sp³-hybridized carbons (Fsp3) is 0.458. The molecule has 2 aromatic rings. The maximum atomic E-state index is 14.9. The van der Waals surface area contributed by atoms with Crippen molar-refractivity contribution in [3.63, 3.8) is 0 Å². The van der Waals surface area contributed by atoms with Crippen LogP contribution < -0.4 is 10.2 Å². The van der Waals surface area contributed by atoms with Crippen molar-refractivity contribution in [2.75, 3.05) is 26.2 Å². The van der Waals surface area contributed by atoms with Gasteiger partial charge < -0.3 is 4.74 Å². The molecule has 176 valence electrons. The molecule has 2 saturated heterocycles. The number of ether oxygens (including phenoxy) is 1. The van der Waals surface area contributed by atoms with Crippen molar-refractivity contribution < 1.29 is 19.1 Å². The molecule has 3 fully saturated rings. The first-order valence-electron chi connectivity index (χ1n) is 11.5. The summed E-state index contributed by atoms with van der Waals surface area (Å²) in [5, 5.41) is 9.94. The van der Waals surface area contributed by atoms with Crippen LogP contribution in [0.3, 0.4) is 0 Å². The van der Waals surface area contributed by atoms with Gasteiger partial charge in [-0.15, -0.1) is 0 Å². The van der Waals surface area contributed by atoms with Crippen molar-refractivity contribution in [3.05, 3.63) is 65.0 Å². The van der Waals surface area contributed by atoms with Gasteiger partial charge in [-0.3, -0.25) is 20.3 Å². The van der Waals surface area contributed by atoms with Gasteiger partial charge in [0, 0.05) is 38.8 Å². The second kappa shape index (κ2) is 9.99. The summed E-state index contributed by atoms with van der Waals surface area (Å²) >= 11 is 1.00. The van der Waals surface area contributed by atoms with Crippen LogP contribution in [0.25, 0.3) is 0 Å². The van der Waals surface area contributed by atoms with E-state index in [-0.39, 0.29) is 17.6 Å². The minimum Gasteiger partial charge on any atom is -0.489 e.